The van der Waals surface area contributed by atoms with Crippen molar-refractivity contribution in [2.45, 2.75) is 19.8 Å². The van der Waals surface area contributed by atoms with Gasteiger partial charge in [-0.05, 0) is 37.0 Å². The molecule has 0 bridgehead atoms. The Bertz CT molecular complexity index is 504. The molecule has 1 saturated carbocycles. The summed E-state index contributed by atoms with van der Waals surface area (Å²) in [5.41, 5.74) is 0.682. The second-order valence-electron chi connectivity index (χ2n) is 5.28. The van der Waals surface area contributed by atoms with Gasteiger partial charge in [-0.2, -0.15) is 0 Å². The number of imide groups is 1. The van der Waals surface area contributed by atoms with Crippen molar-refractivity contribution >= 4 is 33.4 Å². The van der Waals surface area contributed by atoms with Gasteiger partial charge in [0, 0.05) is 4.47 Å². The molecule has 1 aliphatic carbocycles. The maximum absolute atomic E-state index is 12.3. The van der Waals surface area contributed by atoms with Crippen LogP contribution in [0.2, 0.25) is 0 Å². The van der Waals surface area contributed by atoms with Crippen LogP contribution in [0, 0.1) is 17.8 Å². The Morgan fingerprint density at radius 1 is 1.17 bits per heavy atom. The third-order valence-electron chi connectivity index (χ3n) is 3.94. The van der Waals surface area contributed by atoms with Crippen LogP contribution in [0.25, 0.3) is 0 Å². The number of amides is 2. The summed E-state index contributed by atoms with van der Waals surface area (Å²) in [6, 6.07) is 7.36. The van der Waals surface area contributed by atoms with E-state index < -0.39 is 0 Å². The summed E-state index contributed by atoms with van der Waals surface area (Å²) in [7, 11) is 0. The van der Waals surface area contributed by atoms with Crippen LogP contribution < -0.4 is 4.90 Å². The second kappa shape index (κ2) is 4.19. The van der Waals surface area contributed by atoms with Gasteiger partial charge in [0.1, 0.15) is 0 Å². The zero-order valence-corrected chi connectivity index (χ0v) is 11.7. The third-order valence-corrected chi connectivity index (χ3v) is 4.43. The van der Waals surface area contributed by atoms with Crippen molar-refractivity contribution in [2.24, 2.45) is 17.8 Å². The highest BCUT2D eigenvalue weighted by molar-refractivity contribution is 9.10. The molecule has 2 atom stereocenters. The van der Waals surface area contributed by atoms with Gasteiger partial charge in [0.2, 0.25) is 11.8 Å². The van der Waals surface area contributed by atoms with Crippen molar-refractivity contribution in [3.05, 3.63) is 28.7 Å². The lowest BCUT2D eigenvalue weighted by Crippen LogP contribution is -2.32. The first-order chi connectivity index (χ1) is 8.58. The third kappa shape index (κ3) is 1.70. The fraction of sp³-hybridized carbons (Fsp3) is 0.429. The number of carbonyl (C=O) groups is 2. The maximum atomic E-state index is 12.3. The van der Waals surface area contributed by atoms with E-state index in [1.54, 1.807) is 0 Å². The SMILES string of the molecule is CC1CC2C(=O)N(c3cccc(Br)c3)C(=O)C2C1. The summed E-state index contributed by atoms with van der Waals surface area (Å²) in [5.74, 6) is 0.260. The molecule has 2 amide bonds. The predicted octanol–water partition coefficient (Wildman–Crippen LogP) is 2.98. The Balaban J connectivity index is 1.96. The predicted molar refractivity (Wildman–Crippen MR) is 72.0 cm³/mol. The van der Waals surface area contributed by atoms with E-state index in [4.69, 9.17) is 0 Å². The van der Waals surface area contributed by atoms with Gasteiger partial charge in [0.05, 0.1) is 17.5 Å². The molecule has 0 radical (unpaired) electrons. The molecule has 0 spiro atoms. The normalized spacial score (nSPS) is 31.0. The van der Waals surface area contributed by atoms with Gasteiger partial charge in [-0.25, -0.2) is 0 Å². The fourth-order valence-electron chi connectivity index (χ4n) is 3.15. The highest BCUT2D eigenvalue weighted by Crippen LogP contribution is 2.44. The molecular formula is C14H14BrNO2. The minimum absolute atomic E-state index is 0.0209. The number of benzene rings is 1. The molecule has 1 aromatic rings. The van der Waals surface area contributed by atoms with Crippen molar-refractivity contribution in [1.82, 2.24) is 0 Å². The molecule has 3 rings (SSSR count). The topological polar surface area (TPSA) is 37.4 Å². The molecule has 1 heterocycles. The molecule has 94 valence electrons. The first-order valence-corrected chi connectivity index (χ1v) is 7.00. The molecule has 2 aliphatic rings. The summed E-state index contributed by atoms with van der Waals surface area (Å²) in [6.45, 7) is 2.11. The molecule has 0 N–H and O–H groups in total. The first-order valence-electron chi connectivity index (χ1n) is 6.21. The summed E-state index contributed by atoms with van der Waals surface area (Å²) in [6.07, 6.45) is 1.69. The Kier molecular flexibility index (Phi) is 2.77. The van der Waals surface area contributed by atoms with Crippen LogP contribution >= 0.6 is 15.9 Å². The van der Waals surface area contributed by atoms with Gasteiger partial charge in [0.25, 0.3) is 0 Å². The van der Waals surface area contributed by atoms with Gasteiger partial charge < -0.3 is 0 Å². The molecule has 0 aromatic heterocycles. The van der Waals surface area contributed by atoms with E-state index in [2.05, 4.69) is 22.9 Å². The lowest BCUT2D eigenvalue weighted by molar-refractivity contribution is -0.123. The largest absolute Gasteiger partial charge is 0.274 e. The van der Waals surface area contributed by atoms with Crippen molar-refractivity contribution in [3.63, 3.8) is 0 Å². The zero-order valence-electron chi connectivity index (χ0n) is 10.1. The van der Waals surface area contributed by atoms with Crippen molar-refractivity contribution in [2.75, 3.05) is 4.90 Å². The number of nitrogens with zero attached hydrogens (tertiary/aromatic N) is 1. The highest BCUT2D eigenvalue weighted by Gasteiger charge is 2.52. The first kappa shape index (κ1) is 11.9. The molecule has 1 aromatic carbocycles. The number of hydrogen-bond donors (Lipinski definition) is 0. The van der Waals surface area contributed by atoms with Crippen LogP contribution in [0.5, 0.6) is 0 Å². The summed E-state index contributed by atoms with van der Waals surface area (Å²) >= 11 is 3.37. The van der Waals surface area contributed by atoms with Gasteiger partial charge in [0.15, 0.2) is 0 Å². The van der Waals surface area contributed by atoms with Gasteiger partial charge in [-0.3, -0.25) is 14.5 Å². The highest BCUT2D eigenvalue weighted by atomic mass is 79.9. The standard InChI is InChI=1S/C14H14BrNO2/c1-8-5-11-12(6-8)14(18)16(13(11)17)10-4-2-3-9(15)7-10/h2-4,7-8,11-12H,5-6H2,1H3. The van der Waals surface area contributed by atoms with E-state index in [1.807, 2.05) is 24.3 Å². The van der Waals surface area contributed by atoms with Gasteiger partial charge in [-0.15, -0.1) is 0 Å². The number of fused-ring (bicyclic) bond motifs is 1. The minimum atomic E-state index is -0.0912. The van der Waals surface area contributed by atoms with Crippen LogP contribution in [-0.4, -0.2) is 11.8 Å². The molecule has 4 heteroatoms. The number of rotatable bonds is 1. The van der Waals surface area contributed by atoms with Gasteiger partial charge in [-0.1, -0.05) is 28.9 Å². The Morgan fingerprint density at radius 3 is 2.33 bits per heavy atom. The summed E-state index contributed by atoms with van der Waals surface area (Å²) in [4.78, 5) is 26.1. The second-order valence-corrected chi connectivity index (χ2v) is 6.20. The van der Waals surface area contributed by atoms with E-state index in [-0.39, 0.29) is 23.7 Å². The van der Waals surface area contributed by atoms with E-state index in [9.17, 15) is 9.59 Å². The van der Waals surface area contributed by atoms with Crippen LogP contribution in [0.1, 0.15) is 19.8 Å². The van der Waals surface area contributed by atoms with E-state index in [0.29, 0.717) is 11.6 Å². The average molecular weight is 308 g/mol. The Hall–Kier alpha value is -1.16. The summed E-state index contributed by atoms with van der Waals surface area (Å²) in [5, 5.41) is 0. The zero-order chi connectivity index (χ0) is 12.9. The fourth-order valence-corrected chi connectivity index (χ4v) is 3.53. The Labute approximate surface area is 114 Å². The lowest BCUT2D eigenvalue weighted by atomic mass is 10.00. The van der Waals surface area contributed by atoms with Crippen LogP contribution in [0.15, 0.2) is 28.7 Å². The molecule has 1 aliphatic heterocycles. The molecule has 1 saturated heterocycles. The van der Waals surface area contributed by atoms with E-state index in [1.165, 1.54) is 4.90 Å². The van der Waals surface area contributed by atoms with E-state index in [0.717, 1.165) is 17.3 Å². The minimum Gasteiger partial charge on any atom is -0.274 e. The monoisotopic (exact) mass is 307 g/mol. The maximum Gasteiger partial charge on any atom is 0.237 e. The number of hydrogen-bond acceptors (Lipinski definition) is 2. The molecule has 18 heavy (non-hydrogen) atoms. The smallest absolute Gasteiger partial charge is 0.237 e. The quantitative estimate of drug-likeness (QED) is 0.748. The number of carbonyl (C=O) groups excluding carboxylic acids is 2. The van der Waals surface area contributed by atoms with Crippen molar-refractivity contribution < 1.29 is 9.59 Å². The number of anilines is 1. The van der Waals surface area contributed by atoms with E-state index >= 15 is 0 Å². The Morgan fingerprint density at radius 2 is 1.78 bits per heavy atom. The van der Waals surface area contributed by atoms with Gasteiger partial charge >= 0.3 is 0 Å². The van der Waals surface area contributed by atoms with Crippen molar-refractivity contribution in [1.29, 1.82) is 0 Å². The molecule has 2 fully saturated rings. The summed E-state index contributed by atoms with van der Waals surface area (Å²) < 4.78 is 0.881. The molecular weight excluding hydrogens is 294 g/mol. The van der Waals surface area contributed by atoms with Crippen LogP contribution in [0.3, 0.4) is 0 Å². The lowest BCUT2D eigenvalue weighted by Gasteiger charge is -2.17. The van der Waals surface area contributed by atoms with Crippen LogP contribution in [-0.2, 0) is 9.59 Å². The molecule has 3 nitrogen and oxygen atoms in total. The average Bonchev–Trinajstić information content (AvgIpc) is 2.79. The molecule has 2 unspecified atom stereocenters. The number of halogens is 1. The van der Waals surface area contributed by atoms with Crippen molar-refractivity contribution in [3.8, 4) is 0 Å². The van der Waals surface area contributed by atoms with Crippen LogP contribution in [0.4, 0.5) is 5.69 Å².